The van der Waals surface area contributed by atoms with E-state index < -0.39 is 0 Å². The number of aromatic amines is 1. The summed E-state index contributed by atoms with van der Waals surface area (Å²) < 4.78 is 0. The first-order valence-electron chi connectivity index (χ1n) is 11.7. The number of fused-ring (bicyclic) bond motifs is 1. The second-order valence-electron chi connectivity index (χ2n) is 8.93. The molecule has 0 aliphatic heterocycles. The zero-order valence-corrected chi connectivity index (χ0v) is 18.6. The van der Waals surface area contributed by atoms with E-state index >= 15 is 0 Å². The fraction of sp³-hybridized carbons (Fsp3) is 0.346. The molecule has 1 fully saturated rings. The predicted molar refractivity (Wildman–Crippen MR) is 130 cm³/mol. The minimum Gasteiger partial charge on any atom is -0.392 e. The summed E-state index contributed by atoms with van der Waals surface area (Å²) in [7, 11) is 0. The van der Waals surface area contributed by atoms with Gasteiger partial charge in [0.25, 0.3) is 0 Å². The summed E-state index contributed by atoms with van der Waals surface area (Å²) in [6.07, 6.45) is 3.38. The summed E-state index contributed by atoms with van der Waals surface area (Å²) >= 11 is 0. The number of nitrogens with zero attached hydrogens (tertiary/aromatic N) is 3. The van der Waals surface area contributed by atoms with Gasteiger partial charge in [0, 0.05) is 17.9 Å². The van der Waals surface area contributed by atoms with Crippen molar-refractivity contribution in [1.82, 2.24) is 25.7 Å². The van der Waals surface area contributed by atoms with Crippen LogP contribution in [0.3, 0.4) is 0 Å². The van der Waals surface area contributed by atoms with Crippen molar-refractivity contribution >= 4 is 17.0 Å². The van der Waals surface area contributed by atoms with Gasteiger partial charge in [0.1, 0.15) is 11.3 Å². The molecule has 7 nitrogen and oxygen atoms in total. The Morgan fingerprint density at radius 2 is 1.79 bits per heavy atom. The van der Waals surface area contributed by atoms with Crippen molar-refractivity contribution in [3.63, 3.8) is 0 Å². The molecule has 2 aromatic carbocycles. The number of nitrogens with two attached hydrogens (primary N) is 1. The summed E-state index contributed by atoms with van der Waals surface area (Å²) in [4.78, 5) is 4.30. The number of nitrogens with one attached hydrogen (secondary N) is 2. The van der Waals surface area contributed by atoms with E-state index in [2.05, 4.69) is 62.1 Å². The Kier molecular flexibility index (Phi) is 6.32. The van der Waals surface area contributed by atoms with Gasteiger partial charge in [-0.2, -0.15) is 10.3 Å². The molecule has 4 atom stereocenters. The Bertz CT molecular complexity index is 1180. The van der Waals surface area contributed by atoms with Gasteiger partial charge < -0.3 is 16.2 Å². The zero-order valence-electron chi connectivity index (χ0n) is 18.6. The highest BCUT2D eigenvalue weighted by Gasteiger charge is 2.30. The van der Waals surface area contributed by atoms with E-state index in [0.29, 0.717) is 17.5 Å². The van der Waals surface area contributed by atoms with E-state index in [1.165, 1.54) is 11.1 Å². The second kappa shape index (κ2) is 9.68. The zero-order chi connectivity index (χ0) is 22.6. The van der Waals surface area contributed by atoms with E-state index in [0.717, 1.165) is 43.3 Å². The van der Waals surface area contributed by atoms with Gasteiger partial charge in [-0.25, -0.2) is 4.98 Å². The third-order valence-electron chi connectivity index (χ3n) is 6.83. The number of benzene rings is 2. The van der Waals surface area contributed by atoms with E-state index in [1.807, 2.05) is 30.3 Å². The first kappa shape index (κ1) is 21.6. The van der Waals surface area contributed by atoms with Gasteiger partial charge in [-0.15, -0.1) is 5.10 Å². The predicted octanol–water partition coefficient (Wildman–Crippen LogP) is 3.74. The first-order chi connectivity index (χ1) is 16.2. The fourth-order valence-electron chi connectivity index (χ4n) is 5.18. The van der Waals surface area contributed by atoms with Crippen molar-refractivity contribution in [2.24, 2.45) is 0 Å². The van der Waals surface area contributed by atoms with Gasteiger partial charge >= 0.3 is 0 Å². The lowest BCUT2D eigenvalue weighted by Crippen LogP contribution is -2.40. The van der Waals surface area contributed by atoms with Gasteiger partial charge in [0.05, 0.1) is 6.10 Å². The lowest BCUT2D eigenvalue weighted by atomic mass is 9.79. The maximum atomic E-state index is 10.8. The highest BCUT2D eigenvalue weighted by atomic mass is 16.3. The fourth-order valence-corrected chi connectivity index (χ4v) is 5.18. The third kappa shape index (κ3) is 4.74. The van der Waals surface area contributed by atoms with Gasteiger partial charge in [-0.1, -0.05) is 60.7 Å². The molecule has 0 spiro atoms. The van der Waals surface area contributed by atoms with Crippen LogP contribution in [0.4, 0.5) is 5.82 Å². The van der Waals surface area contributed by atoms with E-state index in [1.54, 1.807) is 0 Å². The summed E-state index contributed by atoms with van der Waals surface area (Å²) in [5, 5.41) is 25.7. The van der Waals surface area contributed by atoms with Gasteiger partial charge in [0.2, 0.25) is 5.65 Å². The maximum Gasteiger partial charge on any atom is 0.203 e. The molecule has 1 unspecified atom stereocenters. The minimum atomic E-state index is -0.321. The third-order valence-corrected chi connectivity index (χ3v) is 6.83. The molecule has 4 aromatic rings. The van der Waals surface area contributed by atoms with E-state index in [-0.39, 0.29) is 17.9 Å². The smallest absolute Gasteiger partial charge is 0.203 e. The molecule has 2 aromatic heterocycles. The average molecular weight is 443 g/mol. The molecule has 0 radical (unpaired) electrons. The van der Waals surface area contributed by atoms with Crippen molar-refractivity contribution in [3.05, 3.63) is 83.4 Å². The van der Waals surface area contributed by atoms with Crippen LogP contribution >= 0.6 is 0 Å². The molecule has 1 aliphatic carbocycles. The van der Waals surface area contributed by atoms with Crippen molar-refractivity contribution < 1.29 is 5.11 Å². The van der Waals surface area contributed by atoms with Gasteiger partial charge in [-0.3, -0.25) is 0 Å². The number of pyridine rings is 1. The summed E-state index contributed by atoms with van der Waals surface area (Å²) in [6.45, 7) is 0.828. The van der Waals surface area contributed by atoms with Crippen LogP contribution in [-0.4, -0.2) is 44.2 Å². The molecular weight excluding hydrogens is 412 g/mol. The van der Waals surface area contributed by atoms with Crippen LogP contribution in [0.15, 0.2) is 66.7 Å². The molecule has 2 heterocycles. The van der Waals surface area contributed by atoms with Crippen LogP contribution in [0.5, 0.6) is 0 Å². The number of anilines is 1. The maximum absolute atomic E-state index is 10.8. The highest BCUT2D eigenvalue weighted by Crippen LogP contribution is 2.34. The van der Waals surface area contributed by atoms with Crippen LogP contribution in [0.25, 0.3) is 11.2 Å². The molecule has 5 N–H and O–H groups in total. The molecule has 1 saturated carbocycles. The van der Waals surface area contributed by atoms with Crippen LogP contribution in [0.2, 0.25) is 0 Å². The Hall–Kier alpha value is -3.29. The quantitative estimate of drug-likeness (QED) is 0.347. The first-order valence-corrected chi connectivity index (χ1v) is 11.7. The number of aromatic nitrogens is 4. The molecule has 170 valence electrons. The normalized spacial score (nSPS) is 21.8. The van der Waals surface area contributed by atoms with Gasteiger partial charge in [0.15, 0.2) is 0 Å². The topological polar surface area (TPSA) is 113 Å². The van der Waals surface area contributed by atoms with Crippen molar-refractivity contribution in [2.45, 2.75) is 49.7 Å². The van der Waals surface area contributed by atoms with Crippen LogP contribution in [-0.2, 0) is 0 Å². The van der Waals surface area contributed by atoms with Crippen LogP contribution < -0.4 is 11.1 Å². The lowest BCUT2D eigenvalue weighted by molar-refractivity contribution is 0.0889. The molecule has 5 rings (SSSR count). The second-order valence-corrected chi connectivity index (χ2v) is 8.93. The minimum absolute atomic E-state index is 0.113. The van der Waals surface area contributed by atoms with E-state index in [9.17, 15) is 5.11 Å². The molecule has 7 heteroatoms. The number of nitrogen functional groups attached to an aromatic ring is 1. The number of aliphatic hydroxyl groups is 1. The molecule has 0 saturated heterocycles. The Labute approximate surface area is 193 Å². The number of aliphatic hydroxyl groups excluding tert-OH is 1. The summed E-state index contributed by atoms with van der Waals surface area (Å²) in [6, 6.07) is 23.0. The number of hydrogen-bond acceptors (Lipinski definition) is 6. The summed E-state index contributed by atoms with van der Waals surface area (Å²) in [5.41, 5.74) is 10.9. The molecular formula is C26H30N6O. The molecule has 1 aliphatic rings. The summed E-state index contributed by atoms with van der Waals surface area (Å²) in [5.74, 6) is 0.784. The largest absolute Gasteiger partial charge is 0.392 e. The Morgan fingerprint density at radius 1 is 1.03 bits per heavy atom. The van der Waals surface area contributed by atoms with E-state index in [4.69, 9.17) is 5.73 Å². The van der Waals surface area contributed by atoms with Crippen LogP contribution in [0, 0.1) is 0 Å². The van der Waals surface area contributed by atoms with Crippen molar-refractivity contribution in [1.29, 1.82) is 0 Å². The molecule has 33 heavy (non-hydrogen) atoms. The number of H-pyrrole nitrogens is 1. The monoisotopic (exact) mass is 442 g/mol. The van der Waals surface area contributed by atoms with Gasteiger partial charge in [-0.05, 0) is 55.0 Å². The Morgan fingerprint density at radius 3 is 2.55 bits per heavy atom. The molecule has 0 bridgehead atoms. The lowest BCUT2D eigenvalue weighted by Gasteiger charge is -2.34. The van der Waals surface area contributed by atoms with Crippen LogP contribution in [0.1, 0.15) is 54.2 Å². The standard InChI is InChI=1S/C26H30N6O/c27-24-16-22(25-26(29-24)31-32-30-25)20(17-7-3-1-4-8-17)13-14-28-19-11-12-21(23(33)15-19)18-9-5-2-6-10-18/h1-10,16,19-21,23,28,33H,11-15H2,(H3,27,29,30,31,32)/t19?,20-,21-,23+/m1/s1. The average Bonchev–Trinajstić information content (AvgIpc) is 3.31. The number of hydrogen-bond donors (Lipinski definition) is 4. The Balaban J connectivity index is 1.28. The van der Waals surface area contributed by atoms with Crippen molar-refractivity contribution in [2.75, 3.05) is 12.3 Å². The van der Waals surface area contributed by atoms with Crippen molar-refractivity contribution in [3.8, 4) is 0 Å². The molecule has 0 amide bonds. The SMILES string of the molecule is Nc1cc([C@H](CCNC2CC[C@H](c3ccccc3)[C@@H](O)C2)c2ccccc2)c2n[nH]nc2n1. The highest BCUT2D eigenvalue weighted by molar-refractivity contribution is 5.77. The number of rotatable bonds is 7.